The Balaban J connectivity index is 2.24. The van der Waals surface area contributed by atoms with Gasteiger partial charge in [0.15, 0.2) is 0 Å². The van der Waals surface area contributed by atoms with Gasteiger partial charge in [-0.1, -0.05) is 35.9 Å². The number of anilines is 1. The Hall–Kier alpha value is -2.65. The van der Waals surface area contributed by atoms with Crippen molar-refractivity contribution in [1.82, 2.24) is 10.2 Å². The number of sulfonamides is 1. The van der Waals surface area contributed by atoms with E-state index in [9.17, 15) is 22.4 Å². The first-order valence-electron chi connectivity index (χ1n) is 11.7. The van der Waals surface area contributed by atoms with Crippen molar-refractivity contribution < 1.29 is 22.4 Å². The lowest BCUT2D eigenvalue weighted by molar-refractivity contribution is -0.141. The van der Waals surface area contributed by atoms with Gasteiger partial charge in [0.1, 0.15) is 11.9 Å². The van der Waals surface area contributed by atoms with Gasteiger partial charge in [0.25, 0.3) is 0 Å². The Labute approximate surface area is 218 Å². The molecule has 198 valence electrons. The molecule has 0 aliphatic rings. The fourth-order valence-electron chi connectivity index (χ4n) is 3.72. The first-order chi connectivity index (χ1) is 16.6. The van der Waals surface area contributed by atoms with Crippen molar-refractivity contribution in [3.8, 4) is 0 Å². The number of benzene rings is 2. The molecule has 0 unspecified atom stereocenters. The summed E-state index contributed by atoms with van der Waals surface area (Å²) in [4.78, 5) is 27.5. The molecule has 2 rings (SSSR count). The first kappa shape index (κ1) is 29.6. The largest absolute Gasteiger partial charge is 0.350 e. The molecule has 0 heterocycles. The Morgan fingerprint density at radius 3 is 2.33 bits per heavy atom. The summed E-state index contributed by atoms with van der Waals surface area (Å²) >= 11 is 6.18. The molecular weight excluding hydrogens is 505 g/mol. The topological polar surface area (TPSA) is 86.8 Å². The van der Waals surface area contributed by atoms with Crippen molar-refractivity contribution in [2.24, 2.45) is 0 Å². The molecule has 0 fully saturated rings. The van der Waals surface area contributed by atoms with Crippen LogP contribution in [0.25, 0.3) is 0 Å². The van der Waals surface area contributed by atoms with Crippen LogP contribution in [0.4, 0.5) is 10.1 Å². The van der Waals surface area contributed by atoms with Gasteiger partial charge in [0.2, 0.25) is 21.8 Å². The average molecular weight is 540 g/mol. The lowest BCUT2D eigenvalue weighted by Gasteiger charge is -2.32. The molecule has 0 aliphatic carbocycles. The summed E-state index contributed by atoms with van der Waals surface area (Å²) in [6.07, 6.45) is 1.25. The summed E-state index contributed by atoms with van der Waals surface area (Å²) < 4.78 is 40.6. The molecule has 10 heteroatoms. The van der Waals surface area contributed by atoms with Crippen LogP contribution in [0.3, 0.4) is 0 Å². The number of amides is 2. The smallest absolute Gasteiger partial charge is 0.242 e. The zero-order valence-corrected chi connectivity index (χ0v) is 23.2. The highest BCUT2D eigenvalue weighted by atomic mass is 35.5. The van der Waals surface area contributed by atoms with Gasteiger partial charge in [-0.15, -0.1) is 0 Å². The van der Waals surface area contributed by atoms with Crippen molar-refractivity contribution in [3.63, 3.8) is 0 Å². The van der Waals surface area contributed by atoms with E-state index in [1.165, 1.54) is 15.3 Å². The van der Waals surface area contributed by atoms with Crippen molar-refractivity contribution >= 4 is 39.1 Å². The van der Waals surface area contributed by atoms with Crippen LogP contribution in [-0.4, -0.2) is 49.5 Å². The molecule has 36 heavy (non-hydrogen) atoms. The summed E-state index contributed by atoms with van der Waals surface area (Å²) in [7, 11) is -3.64. The third-order valence-electron chi connectivity index (χ3n) is 5.62. The van der Waals surface area contributed by atoms with E-state index in [0.29, 0.717) is 16.3 Å². The highest BCUT2D eigenvalue weighted by Gasteiger charge is 2.29. The standard InChI is InChI=1S/C26H35ClFN3O4S/c1-18-21(27)12-9-14-23(18)31(36(6,34)35)16-10-15-24(32)30(17-20-11-7-8-13-22(20)28)19(2)25(33)29-26(3,4)5/h7-9,11-14,19H,10,15-17H2,1-6H3,(H,29,33)/t19-/m1/s1. The van der Waals surface area contributed by atoms with Crippen LogP contribution in [0.15, 0.2) is 42.5 Å². The molecular formula is C26H35ClFN3O4S. The Kier molecular flexibility index (Phi) is 9.91. The van der Waals surface area contributed by atoms with E-state index < -0.39 is 27.4 Å². The van der Waals surface area contributed by atoms with Gasteiger partial charge < -0.3 is 10.2 Å². The van der Waals surface area contributed by atoms with Crippen LogP contribution in [0.5, 0.6) is 0 Å². The highest BCUT2D eigenvalue weighted by molar-refractivity contribution is 7.92. The summed E-state index contributed by atoms with van der Waals surface area (Å²) in [6, 6.07) is 10.2. The maximum absolute atomic E-state index is 14.4. The molecule has 1 atom stereocenters. The van der Waals surface area contributed by atoms with Gasteiger partial charge in [-0.05, 0) is 64.8 Å². The molecule has 2 aromatic carbocycles. The minimum Gasteiger partial charge on any atom is -0.350 e. The number of hydrogen-bond acceptors (Lipinski definition) is 4. The minimum atomic E-state index is -3.64. The lowest BCUT2D eigenvalue weighted by atomic mass is 10.1. The molecule has 1 N–H and O–H groups in total. The first-order valence-corrected chi connectivity index (χ1v) is 13.9. The molecule has 0 spiro atoms. The molecule has 0 saturated carbocycles. The van der Waals surface area contributed by atoms with Crippen LogP contribution >= 0.6 is 11.6 Å². The molecule has 0 aliphatic heterocycles. The van der Waals surface area contributed by atoms with Gasteiger partial charge in [-0.3, -0.25) is 13.9 Å². The highest BCUT2D eigenvalue weighted by Crippen LogP contribution is 2.28. The van der Waals surface area contributed by atoms with E-state index in [0.717, 1.165) is 6.26 Å². The summed E-state index contributed by atoms with van der Waals surface area (Å²) in [5, 5.41) is 3.29. The lowest BCUT2D eigenvalue weighted by Crippen LogP contribution is -2.52. The monoisotopic (exact) mass is 539 g/mol. The fourth-order valence-corrected chi connectivity index (χ4v) is 4.90. The molecule has 2 amide bonds. The van der Waals surface area contributed by atoms with E-state index in [4.69, 9.17) is 11.6 Å². The maximum atomic E-state index is 14.4. The van der Waals surface area contributed by atoms with Gasteiger partial charge in [0.05, 0.1) is 11.9 Å². The second kappa shape index (κ2) is 12.1. The third kappa shape index (κ3) is 8.20. The predicted molar refractivity (Wildman–Crippen MR) is 142 cm³/mol. The number of halogens is 2. The second-order valence-electron chi connectivity index (χ2n) is 9.85. The molecule has 0 radical (unpaired) electrons. The normalized spacial score (nSPS) is 12.7. The number of carbonyl (C=O) groups is 2. The van der Waals surface area contributed by atoms with Gasteiger partial charge in [0, 0.05) is 35.6 Å². The Morgan fingerprint density at radius 1 is 1.11 bits per heavy atom. The molecule has 2 aromatic rings. The number of rotatable bonds is 10. The Bertz CT molecular complexity index is 1200. The van der Waals surface area contributed by atoms with Gasteiger partial charge in [-0.25, -0.2) is 12.8 Å². The van der Waals surface area contributed by atoms with Crippen molar-refractivity contribution in [3.05, 3.63) is 64.4 Å². The summed E-state index contributed by atoms with van der Waals surface area (Å²) in [5.74, 6) is -1.22. The zero-order chi connectivity index (χ0) is 27.3. The molecule has 0 aromatic heterocycles. The van der Waals surface area contributed by atoms with Crippen molar-refractivity contribution in [2.45, 2.75) is 65.6 Å². The quantitative estimate of drug-likeness (QED) is 0.475. The predicted octanol–water partition coefficient (Wildman–Crippen LogP) is 4.67. The Morgan fingerprint density at radius 2 is 1.75 bits per heavy atom. The zero-order valence-electron chi connectivity index (χ0n) is 21.6. The summed E-state index contributed by atoms with van der Waals surface area (Å²) in [6.45, 7) is 8.77. The van der Waals surface area contributed by atoms with Crippen LogP contribution in [-0.2, 0) is 26.2 Å². The molecule has 0 saturated heterocycles. The van der Waals surface area contributed by atoms with Gasteiger partial charge >= 0.3 is 0 Å². The average Bonchev–Trinajstić information content (AvgIpc) is 2.76. The SMILES string of the molecule is Cc1c(Cl)cccc1N(CCCC(=O)N(Cc1ccccc1F)[C@H](C)C(=O)NC(C)(C)C)S(C)(=O)=O. The fraction of sp³-hybridized carbons (Fsp3) is 0.462. The molecule has 7 nitrogen and oxygen atoms in total. The van der Waals surface area contributed by atoms with Crippen LogP contribution < -0.4 is 9.62 Å². The van der Waals surface area contributed by atoms with E-state index in [1.54, 1.807) is 50.2 Å². The summed E-state index contributed by atoms with van der Waals surface area (Å²) in [5.41, 5.74) is 0.833. The third-order valence-corrected chi connectivity index (χ3v) is 7.21. The van der Waals surface area contributed by atoms with Crippen LogP contribution in [0.1, 0.15) is 51.7 Å². The number of nitrogens with one attached hydrogen (secondary N) is 1. The van der Waals surface area contributed by atoms with Crippen molar-refractivity contribution in [2.75, 3.05) is 17.1 Å². The van der Waals surface area contributed by atoms with E-state index in [1.807, 2.05) is 20.8 Å². The van der Waals surface area contributed by atoms with E-state index in [2.05, 4.69) is 5.32 Å². The van der Waals surface area contributed by atoms with Crippen LogP contribution in [0.2, 0.25) is 5.02 Å². The van der Waals surface area contributed by atoms with Gasteiger partial charge in [-0.2, -0.15) is 0 Å². The number of nitrogens with zero attached hydrogens (tertiary/aromatic N) is 2. The second-order valence-corrected chi connectivity index (χ2v) is 12.2. The van der Waals surface area contributed by atoms with Crippen molar-refractivity contribution in [1.29, 1.82) is 0 Å². The van der Waals surface area contributed by atoms with E-state index in [-0.39, 0.29) is 43.3 Å². The van der Waals surface area contributed by atoms with E-state index >= 15 is 0 Å². The maximum Gasteiger partial charge on any atom is 0.242 e. The van der Waals surface area contributed by atoms with Crippen LogP contribution in [0, 0.1) is 12.7 Å². The number of hydrogen-bond donors (Lipinski definition) is 1. The number of carbonyl (C=O) groups excluding carboxylic acids is 2. The molecule has 0 bridgehead atoms. The minimum absolute atomic E-state index is 0.0345.